The van der Waals surface area contributed by atoms with Crippen LogP contribution in [-0.2, 0) is 0 Å². The Labute approximate surface area is 62.3 Å². The Balaban J connectivity index is 3.62. The van der Waals surface area contributed by atoms with E-state index in [2.05, 4.69) is 4.98 Å². The van der Waals surface area contributed by atoms with Gasteiger partial charge in [-0.05, 0) is 13.0 Å². The van der Waals surface area contributed by atoms with Gasteiger partial charge in [0.05, 0.1) is 0 Å². The third-order valence-corrected chi connectivity index (χ3v) is 1.39. The molecule has 10 heavy (non-hydrogen) atoms. The number of hydrogen-bond acceptors (Lipinski definition) is 3. The molecule has 54 valence electrons. The second kappa shape index (κ2) is 2.26. The molecule has 0 bridgehead atoms. The van der Waals surface area contributed by atoms with Crippen molar-refractivity contribution in [3.8, 4) is 0 Å². The molecule has 0 amide bonds. The van der Waals surface area contributed by atoms with Crippen molar-refractivity contribution < 1.29 is 0 Å². The van der Waals surface area contributed by atoms with Crippen molar-refractivity contribution in [2.75, 3.05) is 5.84 Å². The summed E-state index contributed by atoms with van der Waals surface area (Å²) in [5, 5.41) is 0. The number of hydrogen-bond donors (Lipinski definition) is 2. The molecular formula is C5H7N3OS. The molecule has 1 heterocycles. The molecule has 0 aliphatic rings. The summed E-state index contributed by atoms with van der Waals surface area (Å²) in [6.07, 6.45) is 0. The summed E-state index contributed by atoms with van der Waals surface area (Å²) in [6, 6.07) is 1.62. The van der Waals surface area contributed by atoms with Gasteiger partial charge in [0.2, 0.25) is 0 Å². The molecule has 0 atom stereocenters. The van der Waals surface area contributed by atoms with Crippen molar-refractivity contribution in [1.82, 2.24) is 9.66 Å². The van der Waals surface area contributed by atoms with Crippen LogP contribution in [0.4, 0.5) is 0 Å². The lowest BCUT2D eigenvalue weighted by Crippen LogP contribution is -2.31. The average molecular weight is 157 g/mol. The molecule has 0 aliphatic heterocycles. The monoisotopic (exact) mass is 157 g/mol. The molecule has 1 aromatic rings. The van der Waals surface area contributed by atoms with E-state index in [0.29, 0.717) is 10.3 Å². The Hall–Kier alpha value is -1.10. The molecule has 3 N–H and O–H groups in total. The highest BCUT2D eigenvalue weighted by Gasteiger charge is 1.92. The van der Waals surface area contributed by atoms with Crippen LogP contribution < -0.4 is 11.5 Å². The van der Waals surface area contributed by atoms with Crippen molar-refractivity contribution in [1.29, 1.82) is 0 Å². The second-order valence-electron chi connectivity index (χ2n) is 1.95. The number of nitrogens with one attached hydrogen (secondary N) is 1. The van der Waals surface area contributed by atoms with E-state index in [0.717, 1.165) is 4.68 Å². The fourth-order valence-electron chi connectivity index (χ4n) is 0.621. The smallest absolute Gasteiger partial charge is 0.335 e. The van der Waals surface area contributed by atoms with E-state index in [1.165, 1.54) is 0 Å². The lowest BCUT2D eigenvalue weighted by molar-refractivity contribution is 0.826. The van der Waals surface area contributed by atoms with Gasteiger partial charge in [0.25, 0.3) is 0 Å². The highest BCUT2D eigenvalue weighted by Crippen LogP contribution is 1.87. The zero-order valence-corrected chi connectivity index (χ0v) is 6.23. The van der Waals surface area contributed by atoms with Crippen LogP contribution in [0.1, 0.15) is 5.69 Å². The molecule has 0 aliphatic carbocycles. The quantitative estimate of drug-likeness (QED) is 0.409. The van der Waals surface area contributed by atoms with Gasteiger partial charge in [-0.1, -0.05) is 12.2 Å². The summed E-state index contributed by atoms with van der Waals surface area (Å²) < 4.78 is 1.42. The van der Waals surface area contributed by atoms with Crippen molar-refractivity contribution in [2.45, 2.75) is 6.92 Å². The SMILES string of the molecule is Cc1cc(=S)[nH]c(=O)n1N. The van der Waals surface area contributed by atoms with Crippen LogP contribution in [0.25, 0.3) is 0 Å². The van der Waals surface area contributed by atoms with E-state index in [-0.39, 0.29) is 5.69 Å². The average Bonchev–Trinajstić information content (AvgIpc) is 1.82. The Morgan fingerprint density at radius 1 is 1.80 bits per heavy atom. The van der Waals surface area contributed by atoms with Crippen LogP contribution in [0.2, 0.25) is 0 Å². The Morgan fingerprint density at radius 2 is 2.40 bits per heavy atom. The zero-order chi connectivity index (χ0) is 7.72. The number of rotatable bonds is 0. The first-order valence-electron chi connectivity index (χ1n) is 2.69. The Bertz CT molecular complexity index is 351. The Kier molecular flexibility index (Phi) is 1.58. The predicted molar refractivity (Wildman–Crippen MR) is 40.8 cm³/mol. The summed E-state index contributed by atoms with van der Waals surface area (Å²) in [5.41, 5.74) is 0.263. The summed E-state index contributed by atoms with van der Waals surface area (Å²) >= 11 is 4.72. The number of nitrogens with zero attached hydrogens (tertiary/aromatic N) is 1. The standard InChI is InChI=1S/C5H7N3OS/c1-3-2-4(10)7-5(9)8(3)6/h2H,6H2,1H3,(H,7,9,10). The minimum atomic E-state index is -0.384. The number of aromatic amines is 1. The van der Waals surface area contributed by atoms with Crippen LogP contribution in [0, 0.1) is 11.6 Å². The first-order chi connectivity index (χ1) is 4.61. The fraction of sp³-hybridized carbons (Fsp3) is 0.200. The van der Waals surface area contributed by atoms with Crippen molar-refractivity contribution in [3.63, 3.8) is 0 Å². The maximum absolute atomic E-state index is 10.8. The van der Waals surface area contributed by atoms with Gasteiger partial charge in [-0.2, -0.15) is 0 Å². The number of aryl methyl sites for hydroxylation is 1. The molecule has 1 aromatic heterocycles. The van der Waals surface area contributed by atoms with Crippen LogP contribution in [0.3, 0.4) is 0 Å². The van der Waals surface area contributed by atoms with Crippen LogP contribution in [0.15, 0.2) is 10.9 Å². The highest BCUT2D eigenvalue weighted by molar-refractivity contribution is 7.71. The minimum absolute atomic E-state index is 0.384. The third-order valence-electron chi connectivity index (χ3n) is 1.17. The zero-order valence-electron chi connectivity index (χ0n) is 5.42. The van der Waals surface area contributed by atoms with E-state index < -0.39 is 0 Å². The predicted octanol–water partition coefficient (Wildman–Crippen LogP) is -0.0719. The molecule has 1 rings (SSSR count). The van der Waals surface area contributed by atoms with E-state index in [1.807, 2.05) is 0 Å². The molecule has 0 fully saturated rings. The van der Waals surface area contributed by atoms with Crippen LogP contribution in [-0.4, -0.2) is 9.66 Å². The van der Waals surface area contributed by atoms with Crippen LogP contribution >= 0.6 is 12.2 Å². The molecule has 4 nitrogen and oxygen atoms in total. The first kappa shape index (κ1) is 7.01. The number of nitrogens with two attached hydrogens (primary N) is 1. The van der Waals surface area contributed by atoms with Gasteiger partial charge < -0.3 is 5.84 Å². The van der Waals surface area contributed by atoms with Crippen molar-refractivity contribution in [2.24, 2.45) is 0 Å². The summed E-state index contributed by atoms with van der Waals surface area (Å²) in [4.78, 5) is 13.2. The van der Waals surface area contributed by atoms with Gasteiger partial charge in [0.15, 0.2) is 0 Å². The van der Waals surface area contributed by atoms with Gasteiger partial charge in [0, 0.05) is 5.69 Å². The molecule has 0 unspecified atom stereocenters. The third kappa shape index (κ3) is 1.08. The second-order valence-corrected chi connectivity index (χ2v) is 2.39. The minimum Gasteiger partial charge on any atom is -0.335 e. The topological polar surface area (TPSA) is 63.8 Å². The molecule has 0 aromatic carbocycles. The van der Waals surface area contributed by atoms with Gasteiger partial charge in [-0.25, -0.2) is 9.47 Å². The van der Waals surface area contributed by atoms with E-state index in [1.54, 1.807) is 13.0 Å². The molecule has 0 saturated heterocycles. The lowest BCUT2D eigenvalue weighted by Gasteiger charge is -1.99. The summed E-state index contributed by atoms with van der Waals surface area (Å²) in [7, 11) is 0. The number of H-pyrrole nitrogens is 1. The fourth-order valence-corrected chi connectivity index (χ4v) is 0.879. The molecular weight excluding hydrogens is 150 g/mol. The van der Waals surface area contributed by atoms with Gasteiger partial charge in [0.1, 0.15) is 4.64 Å². The molecule has 5 heteroatoms. The molecule has 0 saturated carbocycles. The van der Waals surface area contributed by atoms with Gasteiger partial charge in [-0.3, -0.25) is 4.98 Å². The van der Waals surface area contributed by atoms with E-state index in [4.69, 9.17) is 18.1 Å². The summed E-state index contributed by atoms with van der Waals surface area (Å²) in [5.74, 6) is 5.28. The maximum atomic E-state index is 10.8. The Morgan fingerprint density at radius 3 is 2.90 bits per heavy atom. The van der Waals surface area contributed by atoms with Crippen molar-refractivity contribution >= 4 is 12.2 Å². The number of aromatic nitrogens is 2. The van der Waals surface area contributed by atoms with Gasteiger partial charge in [-0.15, -0.1) is 0 Å². The van der Waals surface area contributed by atoms with Crippen molar-refractivity contribution in [3.05, 3.63) is 26.9 Å². The molecule has 0 radical (unpaired) electrons. The highest BCUT2D eigenvalue weighted by atomic mass is 32.1. The van der Waals surface area contributed by atoms with Crippen LogP contribution in [0.5, 0.6) is 0 Å². The van der Waals surface area contributed by atoms with E-state index >= 15 is 0 Å². The molecule has 0 spiro atoms. The normalized spacial score (nSPS) is 9.70. The lowest BCUT2D eigenvalue weighted by atomic mass is 10.5. The maximum Gasteiger partial charge on any atom is 0.345 e. The first-order valence-corrected chi connectivity index (χ1v) is 3.10. The van der Waals surface area contributed by atoms with E-state index in [9.17, 15) is 4.79 Å². The van der Waals surface area contributed by atoms with Gasteiger partial charge >= 0.3 is 5.69 Å². The largest absolute Gasteiger partial charge is 0.345 e. The number of nitrogen functional groups attached to an aromatic ring is 1. The summed E-state index contributed by atoms with van der Waals surface area (Å²) in [6.45, 7) is 1.71.